The fraction of sp³-hybridized carbons (Fsp3) is 0. The monoisotopic (exact) mass is 256 g/mol. The van der Waals surface area contributed by atoms with Crippen molar-refractivity contribution in [2.45, 2.75) is 0 Å². The Balaban J connectivity index is 2.69. The van der Waals surface area contributed by atoms with E-state index in [0.717, 1.165) is 11.3 Å². The van der Waals surface area contributed by atoms with Crippen molar-refractivity contribution in [2.24, 2.45) is 5.18 Å². The van der Waals surface area contributed by atoms with Gasteiger partial charge in [-0.25, -0.2) is 4.39 Å². The molecule has 7 heteroatoms. The predicted octanol–water partition coefficient (Wildman–Crippen LogP) is 3.51. The van der Waals surface area contributed by atoms with Crippen LogP contribution in [0.4, 0.5) is 9.39 Å². The molecule has 0 aliphatic carbocycles. The zero-order valence-electron chi connectivity index (χ0n) is 7.75. The second-order valence-corrected chi connectivity index (χ2v) is 4.53. The molecule has 1 heterocycles. The molecule has 4 nitrogen and oxygen atoms in total. The Morgan fingerprint density at radius 2 is 2.25 bits per heavy atom. The van der Waals surface area contributed by atoms with Crippen molar-refractivity contribution >= 4 is 28.6 Å². The standard InChI is InChI=1S/C9H5FN2O2S2/c10-5-2-1-3-6(4-5)12-8(13)7(11-14)16-9(12)15/h1-4,13H. The molecule has 1 aromatic heterocycles. The smallest absolute Gasteiger partial charge is 0.238 e. The summed E-state index contributed by atoms with van der Waals surface area (Å²) in [7, 11) is 0. The van der Waals surface area contributed by atoms with Crippen LogP contribution in [0.2, 0.25) is 0 Å². The van der Waals surface area contributed by atoms with E-state index in [9.17, 15) is 14.4 Å². The van der Waals surface area contributed by atoms with E-state index in [4.69, 9.17) is 12.2 Å². The molecular weight excluding hydrogens is 251 g/mol. The van der Waals surface area contributed by atoms with Crippen molar-refractivity contribution < 1.29 is 9.50 Å². The third kappa shape index (κ3) is 1.74. The van der Waals surface area contributed by atoms with Gasteiger partial charge in [0, 0.05) is 0 Å². The SMILES string of the molecule is O=Nc1sc(=S)n(-c2cccc(F)c2)c1O. The van der Waals surface area contributed by atoms with Gasteiger partial charge in [-0.1, -0.05) is 17.4 Å². The lowest BCUT2D eigenvalue weighted by molar-refractivity contribution is 0.443. The largest absolute Gasteiger partial charge is 0.492 e. The van der Waals surface area contributed by atoms with E-state index in [-0.39, 0.29) is 14.8 Å². The molecule has 0 saturated heterocycles. The van der Waals surface area contributed by atoms with Crippen molar-refractivity contribution in [1.82, 2.24) is 4.57 Å². The summed E-state index contributed by atoms with van der Waals surface area (Å²) in [5.74, 6) is -0.818. The molecule has 1 aromatic carbocycles. The summed E-state index contributed by atoms with van der Waals surface area (Å²) in [5, 5.41) is 12.2. The van der Waals surface area contributed by atoms with Gasteiger partial charge in [0.15, 0.2) is 3.95 Å². The van der Waals surface area contributed by atoms with E-state index in [2.05, 4.69) is 5.18 Å². The lowest BCUT2D eigenvalue weighted by Crippen LogP contribution is -1.92. The van der Waals surface area contributed by atoms with Gasteiger partial charge in [0.05, 0.1) is 5.69 Å². The molecule has 0 fully saturated rings. The number of aromatic nitrogens is 1. The third-order valence-electron chi connectivity index (χ3n) is 1.92. The second-order valence-electron chi connectivity index (χ2n) is 2.90. The number of thiazole rings is 1. The average molecular weight is 256 g/mol. The van der Waals surface area contributed by atoms with Gasteiger partial charge < -0.3 is 5.11 Å². The topological polar surface area (TPSA) is 54.6 Å². The highest BCUT2D eigenvalue weighted by Crippen LogP contribution is 2.36. The summed E-state index contributed by atoms with van der Waals surface area (Å²) in [6, 6.07) is 5.53. The Labute approximate surface area is 98.6 Å². The Morgan fingerprint density at radius 1 is 1.50 bits per heavy atom. The zero-order valence-corrected chi connectivity index (χ0v) is 9.39. The quantitative estimate of drug-likeness (QED) is 0.660. The van der Waals surface area contributed by atoms with Crippen LogP contribution in [0.15, 0.2) is 29.4 Å². The van der Waals surface area contributed by atoms with Crippen molar-refractivity contribution in [3.63, 3.8) is 0 Å². The predicted molar refractivity (Wildman–Crippen MR) is 61.6 cm³/mol. The van der Waals surface area contributed by atoms with E-state index in [1.807, 2.05) is 0 Å². The van der Waals surface area contributed by atoms with Crippen LogP contribution in [0.25, 0.3) is 5.69 Å². The molecule has 0 saturated carbocycles. The maximum atomic E-state index is 13.0. The number of nitroso groups, excluding NO2 is 1. The van der Waals surface area contributed by atoms with Crippen molar-refractivity contribution in [2.75, 3.05) is 0 Å². The molecule has 0 bridgehead atoms. The van der Waals surface area contributed by atoms with Crippen LogP contribution < -0.4 is 0 Å². The van der Waals surface area contributed by atoms with E-state index in [1.165, 1.54) is 22.8 Å². The summed E-state index contributed by atoms with van der Waals surface area (Å²) in [4.78, 5) is 10.4. The second kappa shape index (κ2) is 4.11. The highest BCUT2D eigenvalue weighted by atomic mass is 32.1. The Hall–Kier alpha value is -1.60. The van der Waals surface area contributed by atoms with Crippen LogP contribution >= 0.6 is 23.6 Å². The van der Waals surface area contributed by atoms with Gasteiger partial charge >= 0.3 is 0 Å². The lowest BCUT2D eigenvalue weighted by Gasteiger charge is -2.03. The van der Waals surface area contributed by atoms with Crippen LogP contribution in [-0.2, 0) is 0 Å². The zero-order chi connectivity index (χ0) is 11.7. The first-order valence-electron chi connectivity index (χ1n) is 4.17. The van der Waals surface area contributed by atoms with Crippen molar-refractivity contribution in [1.29, 1.82) is 0 Å². The molecule has 0 amide bonds. The molecule has 2 aromatic rings. The highest BCUT2D eigenvalue weighted by Gasteiger charge is 2.13. The Bertz CT molecular complexity index is 606. The Kier molecular flexibility index (Phi) is 2.80. The molecular formula is C9H5FN2O2S2. The number of aromatic hydroxyl groups is 1. The van der Waals surface area contributed by atoms with Gasteiger partial charge in [-0.05, 0) is 35.6 Å². The molecule has 0 aliphatic rings. The molecule has 16 heavy (non-hydrogen) atoms. The maximum Gasteiger partial charge on any atom is 0.238 e. The number of hydrogen-bond acceptors (Lipinski definition) is 5. The number of halogens is 1. The van der Waals surface area contributed by atoms with Gasteiger partial charge in [-0.3, -0.25) is 4.57 Å². The molecule has 0 radical (unpaired) electrons. The van der Waals surface area contributed by atoms with Crippen molar-refractivity contribution in [3.05, 3.63) is 38.9 Å². The summed E-state index contributed by atoms with van der Waals surface area (Å²) in [5.41, 5.74) is 0.355. The van der Waals surface area contributed by atoms with E-state index >= 15 is 0 Å². The van der Waals surface area contributed by atoms with Gasteiger partial charge in [0.2, 0.25) is 10.9 Å². The fourth-order valence-corrected chi connectivity index (χ4v) is 2.36. The molecule has 2 rings (SSSR count). The number of rotatable bonds is 2. The first-order chi connectivity index (χ1) is 7.63. The molecule has 0 atom stereocenters. The summed E-state index contributed by atoms with van der Waals surface area (Å²) >= 11 is 5.82. The van der Waals surface area contributed by atoms with Gasteiger partial charge in [0.25, 0.3) is 0 Å². The Morgan fingerprint density at radius 3 is 2.81 bits per heavy atom. The normalized spacial score (nSPS) is 10.3. The van der Waals surface area contributed by atoms with Gasteiger partial charge in [0.1, 0.15) is 5.82 Å². The number of hydrogen-bond donors (Lipinski definition) is 1. The third-order valence-corrected chi connectivity index (χ3v) is 3.16. The molecule has 0 spiro atoms. The van der Waals surface area contributed by atoms with E-state index in [0.29, 0.717) is 5.69 Å². The molecule has 0 unspecified atom stereocenters. The van der Waals surface area contributed by atoms with Crippen LogP contribution in [0, 0.1) is 14.7 Å². The van der Waals surface area contributed by atoms with Crippen LogP contribution in [0.5, 0.6) is 5.88 Å². The summed E-state index contributed by atoms with van der Waals surface area (Å²) in [6.45, 7) is 0. The van der Waals surface area contributed by atoms with Gasteiger partial charge in [-0.2, -0.15) is 0 Å². The maximum absolute atomic E-state index is 13.0. The van der Waals surface area contributed by atoms with Crippen LogP contribution in [0.1, 0.15) is 0 Å². The molecule has 0 aliphatic heterocycles. The minimum atomic E-state index is -0.453. The lowest BCUT2D eigenvalue weighted by atomic mass is 10.3. The van der Waals surface area contributed by atoms with Crippen molar-refractivity contribution in [3.8, 4) is 11.6 Å². The highest BCUT2D eigenvalue weighted by molar-refractivity contribution is 7.73. The minimum Gasteiger partial charge on any atom is -0.492 e. The minimum absolute atomic E-state index is 0.116. The number of benzene rings is 1. The molecule has 1 N–H and O–H groups in total. The average Bonchev–Trinajstić information content (AvgIpc) is 2.53. The number of nitrogens with zero attached hydrogens (tertiary/aromatic N) is 2. The summed E-state index contributed by atoms with van der Waals surface area (Å²) < 4.78 is 14.4. The van der Waals surface area contributed by atoms with Crippen LogP contribution in [-0.4, -0.2) is 9.67 Å². The first-order valence-corrected chi connectivity index (χ1v) is 5.40. The first kappa shape index (κ1) is 10.9. The summed E-state index contributed by atoms with van der Waals surface area (Å²) in [6.07, 6.45) is 0. The molecule has 82 valence electrons. The van der Waals surface area contributed by atoms with E-state index in [1.54, 1.807) is 6.07 Å². The van der Waals surface area contributed by atoms with E-state index < -0.39 is 5.82 Å². The van der Waals surface area contributed by atoms with Gasteiger partial charge in [-0.15, -0.1) is 4.91 Å². The fourth-order valence-electron chi connectivity index (χ4n) is 1.26. The van der Waals surface area contributed by atoms with Crippen LogP contribution in [0.3, 0.4) is 0 Å².